The van der Waals surface area contributed by atoms with Gasteiger partial charge in [-0.05, 0) is 18.6 Å². The van der Waals surface area contributed by atoms with Crippen LogP contribution in [0.2, 0.25) is 0 Å². The molecular weight excluding hydrogens is 174 g/mol. The molecule has 0 aliphatic carbocycles. The summed E-state index contributed by atoms with van der Waals surface area (Å²) in [6.45, 7) is 10.0. The Morgan fingerprint density at radius 2 is 1.71 bits per heavy atom. The van der Waals surface area contributed by atoms with E-state index in [0.717, 1.165) is 11.2 Å². The van der Waals surface area contributed by atoms with Crippen LogP contribution in [0.25, 0.3) is 11.2 Å². The molecule has 0 aromatic carbocycles. The van der Waals surface area contributed by atoms with Gasteiger partial charge in [0.1, 0.15) is 0 Å². The number of H-pyrrole nitrogens is 1. The van der Waals surface area contributed by atoms with E-state index < -0.39 is 0 Å². The van der Waals surface area contributed by atoms with Crippen LogP contribution < -0.4 is 0 Å². The maximum atomic E-state index is 4.06. The van der Waals surface area contributed by atoms with Crippen LogP contribution in [0.5, 0.6) is 0 Å². The smallest absolute Gasteiger partial charge is 0.177 e. The van der Waals surface area contributed by atoms with Gasteiger partial charge in [-0.2, -0.15) is 0 Å². The summed E-state index contributed by atoms with van der Waals surface area (Å²) in [5.74, 6) is 0. The van der Waals surface area contributed by atoms with Gasteiger partial charge in [0.05, 0.1) is 11.8 Å². The van der Waals surface area contributed by atoms with Gasteiger partial charge in [-0.15, -0.1) is 0 Å². The summed E-state index contributed by atoms with van der Waals surface area (Å²) >= 11 is 0. The van der Waals surface area contributed by atoms with Crippen LogP contribution in [0, 0.1) is 6.92 Å². The summed E-state index contributed by atoms with van der Waals surface area (Å²) in [5.41, 5.74) is 3.00. The lowest BCUT2D eigenvalue weighted by Crippen LogP contribution is -1.78. The molecule has 2 heterocycles. The van der Waals surface area contributed by atoms with Crippen molar-refractivity contribution in [3.8, 4) is 0 Å². The normalized spacial score (nSPS) is 8.36. The van der Waals surface area contributed by atoms with E-state index in [1.807, 2.05) is 40.7 Å². The first-order valence-electron chi connectivity index (χ1n) is 5.12. The molecular formula is C11H19N3. The zero-order chi connectivity index (χ0) is 11.0. The number of imidazole rings is 1. The molecule has 0 atom stereocenters. The second kappa shape index (κ2) is 7.06. The maximum Gasteiger partial charge on any atom is 0.177 e. The highest BCUT2D eigenvalue weighted by molar-refractivity contribution is 5.73. The van der Waals surface area contributed by atoms with E-state index in [2.05, 4.69) is 15.0 Å². The lowest BCUT2D eigenvalue weighted by molar-refractivity contribution is 1.30. The zero-order valence-electron chi connectivity index (χ0n) is 9.63. The first-order valence-corrected chi connectivity index (χ1v) is 5.12. The third-order valence-electron chi connectivity index (χ3n) is 1.54. The fourth-order valence-electron chi connectivity index (χ4n) is 0.978. The first-order chi connectivity index (χ1) is 6.88. The van der Waals surface area contributed by atoms with E-state index in [0.29, 0.717) is 0 Å². The lowest BCUT2D eigenvalue weighted by Gasteiger charge is -1.90. The van der Waals surface area contributed by atoms with Crippen LogP contribution in [0.1, 0.15) is 33.3 Å². The fourth-order valence-corrected chi connectivity index (χ4v) is 0.978. The lowest BCUT2D eigenvalue weighted by atomic mass is 10.3. The van der Waals surface area contributed by atoms with Crippen molar-refractivity contribution in [2.24, 2.45) is 0 Å². The van der Waals surface area contributed by atoms with Crippen molar-refractivity contribution < 1.29 is 0 Å². The molecule has 14 heavy (non-hydrogen) atoms. The molecule has 0 spiro atoms. The average Bonchev–Trinajstić information content (AvgIpc) is 2.73. The first kappa shape index (κ1) is 12.6. The summed E-state index contributed by atoms with van der Waals surface area (Å²) in [5, 5.41) is 0. The summed E-state index contributed by atoms with van der Waals surface area (Å²) in [4.78, 5) is 11.1. The largest absolute Gasteiger partial charge is 0.343 e. The highest BCUT2D eigenvalue weighted by Crippen LogP contribution is 2.09. The molecule has 2 aromatic heterocycles. The third kappa shape index (κ3) is 2.83. The quantitative estimate of drug-likeness (QED) is 0.697. The van der Waals surface area contributed by atoms with E-state index in [1.165, 1.54) is 5.56 Å². The predicted molar refractivity (Wildman–Crippen MR) is 61.3 cm³/mol. The van der Waals surface area contributed by atoms with E-state index in [9.17, 15) is 0 Å². The van der Waals surface area contributed by atoms with Crippen molar-refractivity contribution in [3.63, 3.8) is 0 Å². The van der Waals surface area contributed by atoms with Crippen molar-refractivity contribution in [2.45, 2.75) is 34.6 Å². The summed E-state index contributed by atoms with van der Waals surface area (Å²) in [6, 6.07) is 1.96. The molecule has 0 amide bonds. The molecule has 0 saturated carbocycles. The minimum atomic E-state index is 0.792. The number of aromatic nitrogens is 3. The van der Waals surface area contributed by atoms with Crippen LogP contribution in [-0.4, -0.2) is 15.0 Å². The van der Waals surface area contributed by atoms with Gasteiger partial charge in [0.15, 0.2) is 5.65 Å². The van der Waals surface area contributed by atoms with Crippen molar-refractivity contribution in [2.75, 3.05) is 0 Å². The zero-order valence-corrected chi connectivity index (χ0v) is 9.63. The van der Waals surface area contributed by atoms with Crippen molar-refractivity contribution >= 4 is 11.2 Å². The van der Waals surface area contributed by atoms with E-state index in [4.69, 9.17) is 0 Å². The number of pyridine rings is 1. The van der Waals surface area contributed by atoms with Crippen LogP contribution in [0.15, 0.2) is 18.6 Å². The summed E-state index contributed by atoms with van der Waals surface area (Å²) in [6.07, 6.45) is 3.42. The van der Waals surface area contributed by atoms with Crippen LogP contribution >= 0.6 is 0 Å². The average molecular weight is 193 g/mol. The van der Waals surface area contributed by atoms with Gasteiger partial charge in [0.25, 0.3) is 0 Å². The second-order valence-corrected chi connectivity index (χ2v) is 2.23. The molecule has 0 fully saturated rings. The molecule has 78 valence electrons. The van der Waals surface area contributed by atoms with Crippen molar-refractivity contribution in [1.29, 1.82) is 0 Å². The van der Waals surface area contributed by atoms with Gasteiger partial charge in [0, 0.05) is 6.20 Å². The molecule has 3 nitrogen and oxygen atoms in total. The van der Waals surface area contributed by atoms with E-state index in [1.54, 1.807) is 12.5 Å². The van der Waals surface area contributed by atoms with Crippen molar-refractivity contribution in [1.82, 2.24) is 15.0 Å². The standard InChI is InChI=1S/C7H7N3.2C2H6/c1-5-2-3-8-7-6(5)9-4-10-7;2*1-2/h2-4H,1H3,(H,8,9,10);2*1-2H3. The Hall–Kier alpha value is -1.38. The molecule has 1 N–H and O–H groups in total. The molecule has 0 saturated heterocycles. The van der Waals surface area contributed by atoms with Gasteiger partial charge in [-0.3, -0.25) is 0 Å². The minimum Gasteiger partial charge on any atom is -0.343 e. The molecule has 2 rings (SSSR count). The molecule has 0 bridgehead atoms. The third-order valence-corrected chi connectivity index (χ3v) is 1.54. The van der Waals surface area contributed by atoms with Gasteiger partial charge in [-0.25, -0.2) is 9.97 Å². The van der Waals surface area contributed by atoms with Gasteiger partial charge >= 0.3 is 0 Å². The molecule has 0 radical (unpaired) electrons. The minimum absolute atomic E-state index is 0.792. The highest BCUT2D eigenvalue weighted by atomic mass is 14.9. The van der Waals surface area contributed by atoms with Crippen molar-refractivity contribution in [3.05, 3.63) is 24.2 Å². The number of fused-ring (bicyclic) bond motifs is 1. The Morgan fingerprint density at radius 1 is 1.07 bits per heavy atom. The monoisotopic (exact) mass is 193 g/mol. The second-order valence-electron chi connectivity index (χ2n) is 2.23. The highest BCUT2D eigenvalue weighted by Gasteiger charge is 1.96. The summed E-state index contributed by atoms with van der Waals surface area (Å²) < 4.78 is 0. The number of nitrogens with zero attached hydrogens (tertiary/aromatic N) is 2. The Balaban J connectivity index is 0.000000379. The predicted octanol–water partition coefficient (Wildman–Crippen LogP) is 3.32. The van der Waals surface area contributed by atoms with Gasteiger partial charge in [-0.1, -0.05) is 27.7 Å². The molecule has 0 aliphatic heterocycles. The van der Waals surface area contributed by atoms with E-state index in [-0.39, 0.29) is 0 Å². The Kier molecular flexibility index (Phi) is 6.37. The van der Waals surface area contributed by atoms with Gasteiger partial charge < -0.3 is 4.98 Å². The maximum absolute atomic E-state index is 4.06. The number of rotatable bonds is 0. The van der Waals surface area contributed by atoms with Crippen LogP contribution in [0.3, 0.4) is 0 Å². The van der Waals surface area contributed by atoms with Crippen LogP contribution in [0.4, 0.5) is 0 Å². The van der Waals surface area contributed by atoms with Crippen LogP contribution in [-0.2, 0) is 0 Å². The number of nitrogens with one attached hydrogen (secondary N) is 1. The SMILES string of the molecule is CC.CC.Cc1ccnc2nc[nH]c12. The number of aryl methyl sites for hydroxylation is 1. The fraction of sp³-hybridized carbons (Fsp3) is 0.455. The Labute approximate surface area is 85.6 Å². The van der Waals surface area contributed by atoms with Gasteiger partial charge in [0.2, 0.25) is 0 Å². The molecule has 2 aromatic rings. The Morgan fingerprint density at radius 3 is 2.29 bits per heavy atom. The Bertz CT molecular complexity index is 352. The number of aromatic amines is 1. The molecule has 3 heteroatoms. The summed E-state index contributed by atoms with van der Waals surface area (Å²) in [7, 11) is 0. The number of hydrogen-bond donors (Lipinski definition) is 1. The topological polar surface area (TPSA) is 41.6 Å². The number of hydrogen-bond acceptors (Lipinski definition) is 2. The molecule has 0 unspecified atom stereocenters. The van der Waals surface area contributed by atoms with E-state index >= 15 is 0 Å². The molecule has 0 aliphatic rings.